The molecule has 1 saturated heterocycles. The summed E-state index contributed by atoms with van der Waals surface area (Å²) in [6, 6.07) is 21.8. The normalized spacial score (nSPS) is 15.8. The highest BCUT2D eigenvalue weighted by atomic mass is 32.1. The number of thiazole rings is 1. The monoisotopic (exact) mass is 640 g/mol. The second-order valence-corrected chi connectivity index (χ2v) is 12.3. The van der Waals surface area contributed by atoms with Crippen LogP contribution in [0.2, 0.25) is 0 Å². The molecule has 2 heterocycles. The van der Waals surface area contributed by atoms with Crippen LogP contribution in [0.5, 0.6) is 17.2 Å². The Labute approximate surface area is 272 Å². The number of benzene rings is 3. The van der Waals surface area contributed by atoms with Crippen molar-refractivity contribution in [1.29, 1.82) is 0 Å². The van der Waals surface area contributed by atoms with Gasteiger partial charge in [-0.25, -0.2) is 9.78 Å². The quantitative estimate of drug-likeness (QED) is 0.0547. The van der Waals surface area contributed by atoms with E-state index in [0.29, 0.717) is 40.7 Å². The van der Waals surface area contributed by atoms with Crippen LogP contribution in [0.1, 0.15) is 66.1 Å². The van der Waals surface area contributed by atoms with E-state index in [-0.39, 0.29) is 33.9 Å². The fourth-order valence-corrected chi connectivity index (χ4v) is 5.89. The predicted octanol–water partition coefficient (Wildman–Crippen LogP) is 7.86. The Kier molecular flexibility index (Phi) is 10.2. The summed E-state index contributed by atoms with van der Waals surface area (Å²) in [5.41, 5.74) is 1.11. The minimum atomic E-state index is -1.06. The molecule has 10 heteroatoms. The van der Waals surface area contributed by atoms with Crippen LogP contribution in [0.25, 0.3) is 5.76 Å². The summed E-state index contributed by atoms with van der Waals surface area (Å²) in [6.45, 7) is 8.38. The molecule has 0 aliphatic carbocycles. The van der Waals surface area contributed by atoms with Crippen molar-refractivity contribution in [1.82, 2.24) is 4.98 Å². The summed E-state index contributed by atoms with van der Waals surface area (Å²) in [6.07, 6.45) is 1.90. The Balaban J connectivity index is 1.58. The number of carbonyl (C=O) groups excluding carboxylic acids is 3. The Hall–Kier alpha value is -4.96. The molecule has 5 rings (SSSR count). The first-order valence-electron chi connectivity index (χ1n) is 15.2. The summed E-state index contributed by atoms with van der Waals surface area (Å²) < 4.78 is 17.2. The number of nitrogens with zero attached hydrogens (tertiary/aromatic N) is 2. The Morgan fingerprint density at radius 1 is 0.978 bits per heavy atom. The number of anilines is 1. The van der Waals surface area contributed by atoms with Crippen molar-refractivity contribution < 1.29 is 33.7 Å². The first kappa shape index (κ1) is 32.4. The van der Waals surface area contributed by atoms with Crippen LogP contribution in [0, 0.1) is 12.8 Å². The van der Waals surface area contributed by atoms with Gasteiger partial charge in [0, 0.05) is 5.56 Å². The lowest BCUT2D eigenvalue weighted by Crippen LogP contribution is -2.29. The molecule has 0 bridgehead atoms. The second kappa shape index (κ2) is 14.4. The molecular weight excluding hydrogens is 604 g/mol. The lowest BCUT2D eigenvalue weighted by Gasteiger charge is -2.23. The number of carbonyl (C=O) groups is 3. The predicted molar refractivity (Wildman–Crippen MR) is 177 cm³/mol. The fourth-order valence-electron chi connectivity index (χ4n) is 4.90. The summed E-state index contributed by atoms with van der Waals surface area (Å²) >= 11 is 0.964. The smallest absolute Gasteiger partial charge is 0.350 e. The Bertz CT molecular complexity index is 1750. The van der Waals surface area contributed by atoms with Crippen molar-refractivity contribution >= 4 is 39.9 Å². The van der Waals surface area contributed by atoms with Crippen molar-refractivity contribution in [2.45, 2.75) is 46.6 Å². The molecule has 1 N–H and O–H groups in total. The SMILES string of the molecule is CCCCOc1ccc(C(O)=C2C(=O)C(=O)N(c3nc(C)c(C(=O)OCC(C)C)s3)[C@H]2c2cccc(Oc3ccccc3)c2)cc1. The number of Topliss-reactive ketones (excluding diaryl/α,β-unsaturated/α-hetero) is 1. The zero-order chi connectivity index (χ0) is 32.8. The van der Waals surface area contributed by atoms with Gasteiger partial charge in [0.2, 0.25) is 0 Å². The molecular formula is C36H36N2O7S. The Morgan fingerprint density at radius 3 is 2.39 bits per heavy atom. The molecule has 0 spiro atoms. The maximum absolute atomic E-state index is 13.7. The van der Waals surface area contributed by atoms with Crippen LogP contribution in [-0.4, -0.2) is 41.0 Å². The van der Waals surface area contributed by atoms with Gasteiger partial charge in [-0.05, 0) is 73.4 Å². The maximum Gasteiger partial charge on any atom is 0.350 e. The molecule has 0 unspecified atom stereocenters. The molecule has 1 aromatic heterocycles. The Morgan fingerprint density at radius 2 is 1.70 bits per heavy atom. The van der Waals surface area contributed by atoms with E-state index in [2.05, 4.69) is 11.9 Å². The van der Waals surface area contributed by atoms with Gasteiger partial charge in [-0.1, -0.05) is 68.9 Å². The highest BCUT2D eigenvalue weighted by Gasteiger charge is 2.48. The average Bonchev–Trinajstić information content (AvgIpc) is 3.56. The van der Waals surface area contributed by atoms with E-state index in [1.165, 1.54) is 4.90 Å². The number of rotatable bonds is 12. The number of aryl methyl sites for hydroxylation is 1. The van der Waals surface area contributed by atoms with Gasteiger partial charge in [0.15, 0.2) is 5.13 Å². The summed E-state index contributed by atoms with van der Waals surface area (Å²) in [5, 5.41) is 11.7. The van der Waals surface area contributed by atoms with Crippen molar-refractivity contribution in [2.24, 2.45) is 5.92 Å². The second-order valence-electron chi connectivity index (χ2n) is 11.3. The molecule has 1 aliphatic rings. The lowest BCUT2D eigenvalue weighted by atomic mass is 9.95. The first-order chi connectivity index (χ1) is 22.2. The number of para-hydroxylation sites is 1. The third-order valence-electron chi connectivity index (χ3n) is 7.22. The van der Waals surface area contributed by atoms with E-state index in [1.54, 1.807) is 55.5 Å². The number of ketones is 1. The highest BCUT2D eigenvalue weighted by Crippen LogP contribution is 2.45. The molecule has 0 radical (unpaired) electrons. The zero-order valence-corrected chi connectivity index (χ0v) is 27.0. The molecule has 1 aliphatic heterocycles. The van der Waals surface area contributed by atoms with Gasteiger partial charge < -0.3 is 19.3 Å². The molecule has 1 fully saturated rings. The number of hydrogen-bond donors (Lipinski definition) is 1. The number of aliphatic hydroxyl groups excluding tert-OH is 1. The first-order valence-corrected chi connectivity index (χ1v) is 16.0. The molecule has 1 amide bonds. The number of esters is 1. The highest BCUT2D eigenvalue weighted by molar-refractivity contribution is 7.17. The van der Waals surface area contributed by atoms with Crippen LogP contribution < -0.4 is 14.4 Å². The molecule has 4 aromatic rings. The van der Waals surface area contributed by atoms with Gasteiger partial charge >= 0.3 is 11.9 Å². The van der Waals surface area contributed by atoms with Gasteiger partial charge in [-0.3, -0.25) is 14.5 Å². The summed E-state index contributed by atoms with van der Waals surface area (Å²) in [7, 11) is 0. The third kappa shape index (κ3) is 7.13. The van der Waals surface area contributed by atoms with Gasteiger partial charge in [0.25, 0.3) is 5.78 Å². The zero-order valence-electron chi connectivity index (χ0n) is 26.2. The number of ether oxygens (including phenoxy) is 3. The summed E-state index contributed by atoms with van der Waals surface area (Å²) in [4.78, 5) is 46.3. The van der Waals surface area contributed by atoms with Crippen molar-refractivity contribution in [3.63, 3.8) is 0 Å². The number of amides is 1. The van der Waals surface area contributed by atoms with Crippen molar-refractivity contribution in [3.05, 3.63) is 106 Å². The van der Waals surface area contributed by atoms with Crippen LogP contribution in [0.4, 0.5) is 5.13 Å². The van der Waals surface area contributed by atoms with Gasteiger partial charge in [0.1, 0.15) is 27.9 Å². The van der Waals surface area contributed by atoms with E-state index in [1.807, 2.05) is 44.2 Å². The van der Waals surface area contributed by atoms with Crippen LogP contribution in [0.15, 0.2) is 84.4 Å². The van der Waals surface area contributed by atoms with Gasteiger partial charge in [0.05, 0.1) is 30.5 Å². The third-order valence-corrected chi connectivity index (χ3v) is 8.35. The number of hydrogen-bond acceptors (Lipinski definition) is 9. The van der Waals surface area contributed by atoms with Gasteiger partial charge in [-0.15, -0.1) is 0 Å². The minimum absolute atomic E-state index is 0.113. The van der Waals surface area contributed by atoms with E-state index in [0.717, 1.165) is 24.2 Å². The van der Waals surface area contributed by atoms with Crippen molar-refractivity contribution in [3.8, 4) is 17.2 Å². The molecule has 238 valence electrons. The standard InChI is InChI=1S/C36H36N2O7S/c1-5-6-19-43-26-17-15-24(16-18-26)31(39)29-30(25-11-10-14-28(20-25)45-27-12-8-7-9-13-27)38(34(41)32(29)40)36-37-23(4)33(46-36)35(42)44-21-22(2)3/h7-18,20,22,30,39H,5-6,19,21H2,1-4H3/t30-/m0/s1. The number of aromatic nitrogens is 1. The lowest BCUT2D eigenvalue weighted by molar-refractivity contribution is -0.132. The number of unbranched alkanes of at least 4 members (excludes halogenated alkanes) is 1. The van der Waals surface area contributed by atoms with Crippen LogP contribution >= 0.6 is 11.3 Å². The maximum atomic E-state index is 13.7. The molecule has 9 nitrogen and oxygen atoms in total. The minimum Gasteiger partial charge on any atom is -0.507 e. The van der Waals surface area contributed by atoms with E-state index >= 15 is 0 Å². The van der Waals surface area contributed by atoms with Crippen LogP contribution in [-0.2, 0) is 14.3 Å². The van der Waals surface area contributed by atoms with Crippen LogP contribution in [0.3, 0.4) is 0 Å². The fraction of sp³-hybridized carbons (Fsp3) is 0.278. The van der Waals surface area contributed by atoms with E-state index in [9.17, 15) is 19.5 Å². The van der Waals surface area contributed by atoms with E-state index in [4.69, 9.17) is 14.2 Å². The number of aliphatic hydroxyl groups is 1. The average molecular weight is 641 g/mol. The molecule has 3 aromatic carbocycles. The summed E-state index contributed by atoms with van der Waals surface area (Å²) in [5.74, 6) is -0.813. The van der Waals surface area contributed by atoms with Gasteiger partial charge in [-0.2, -0.15) is 0 Å². The molecule has 46 heavy (non-hydrogen) atoms. The molecule has 1 atom stereocenters. The van der Waals surface area contributed by atoms with E-state index < -0.39 is 23.7 Å². The molecule has 0 saturated carbocycles. The van der Waals surface area contributed by atoms with Crippen molar-refractivity contribution in [2.75, 3.05) is 18.1 Å². The topological polar surface area (TPSA) is 115 Å². The largest absolute Gasteiger partial charge is 0.507 e.